The Bertz CT molecular complexity index is 690. The maximum absolute atomic E-state index is 11.9. The summed E-state index contributed by atoms with van der Waals surface area (Å²) in [6, 6.07) is 11.0. The van der Waals surface area contributed by atoms with Crippen LogP contribution in [0.4, 0.5) is 10.5 Å². The largest absolute Gasteiger partial charge is 0.491 e. The van der Waals surface area contributed by atoms with E-state index >= 15 is 0 Å². The number of urea groups is 1. The number of hydrogen-bond acceptors (Lipinski definition) is 4. The topological polar surface area (TPSA) is 72.7 Å². The van der Waals surface area contributed by atoms with Crippen LogP contribution in [0.1, 0.15) is 30.8 Å². The van der Waals surface area contributed by atoms with Gasteiger partial charge in [0.25, 0.3) is 0 Å². The van der Waals surface area contributed by atoms with Gasteiger partial charge in [0.2, 0.25) is 0 Å². The molecule has 1 saturated heterocycles. The van der Waals surface area contributed by atoms with Crippen molar-refractivity contribution in [1.82, 2.24) is 5.32 Å². The van der Waals surface area contributed by atoms with Gasteiger partial charge in [-0.3, -0.25) is 0 Å². The molecule has 1 atom stereocenters. The Kier molecular flexibility index (Phi) is 6.55. The van der Waals surface area contributed by atoms with Crippen LogP contribution < -0.4 is 15.4 Å². The van der Waals surface area contributed by atoms with Gasteiger partial charge in [0.15, 0.2) is 0 Å². The van der Waals surface area contributed by atoms with Crippen molar-refractivity contribution in [2.45, 2.75) is 38.7 Å². The predicted molar refractivity (Wildman–Crippen MR) is 99.7 cm³/mol. The summed E-state index contributed by atoms with van der Waals surface area (Å²) in [5, 5.41) is 5.62. The summed E-state index contributed by atoms with van der Waals surface area (Å²) in [7, 11) is 0. The molecule has 1 aliphatic heterocycles. The normalized spacial score (nSPS) is 16.9. The van der Waals surface area contributed by atoms with Crippen molar-refractivity contribution in [2.75, 3.05) is 25.1 Å². The standard InChI is InChI=1S/C20H26N2O4/c1-15-5-8-18(26-15)11-12-21-20(23)22-16-6-9-17(10-7-16)25-14-19-4-2-3-13-24-19/h5-10,19H,2-4,11-14H2,1H3,(H2,21,22,23)/t19-/m0/s1. The van der Waals surface area contributed by atoms with Gasteiger partial charge in [-0.15, -0.1) is 0 Å². The van der Waals surface area contributed by atoms with Crippen molar-refractivity contribution in [3.8, 4) is 5.75 Å². The van der Waals surface area contributed by atoms with Crippen LogP contribution in [-0.4, -0.2) is 31.9 Å². The molecular weight excluding hydrogens is 332 g/mol. The monoisotopic (exact) mass is 358 g/mol. The summed E-state index contributed by atoms with van der Waals surface area (Å²) >= 11 is 0. The lowest BCUT2D eigenvalue weighted by Gasteiger charge is -2.22. The van der Waals surface area contributed by atoms with Gasteiger partial charge in [-0.1, -0.05) is 0 Å². The average molecular weight is 358 g/mol. The number of ether oxygens (including phenoxy) is 2. The summed E-state index contributed by atoms with van der Waals surface area (Å²) < 4.78 is 16.9. The first kappa shape index (κ1) is 18.3. The number of amides is 2. The second-order valence-electron chi connectivity index (χ2n) is 6.47. The minimum absolute atomic E-state index is 0.185. The third-order valence-corrected chi connectivity index (χ3v) is 4.28. The molecule has 2 heterocycles. The maximum atomic E-state index is 11.9. The van der Waals surface area contributed by atoms with Crippen LogP contribution in [0, 0.1) is 6.92 Å². The van der Waals surface area contributed by atoms with Crippen LogP contribution in [-0.2, 0) is 11.2 Å². The highest BCUT2D eigenvalue weighted by Crippen LogP contribution is 2.18. The Labute approximate surface area is 153 Å². The number of carbonyl (C=O) groups excluding carboxylic acids is 1. The van der Waals surface area contributed by atoms with E-state index in [1.807, 2.05) is 43.3 Å². The molecule has 1 aliphatic rings. The summed E-state index contributed by atoms with van der Waals surface area (Å²) in [6.45, 7) is 3.81. The molecule has 2 N–H and O–H groups in total. The molecule has 0 radical (unpaired) electrons. The Morgan fingerprint density at radius 1 is 1.19 bits per heavy atom. The van der Waals surface area contributed by atoms with Gasteiger partial charge >= 0.3 is 6.03 Å². The molecule has 6 heteroatoms. The van der Waals surface area contributed by atoms with Crippen molar-refractivity contribution >= 4 is 11.7 Å². The highest BCUT2D eigenvalue weighted by atomic mass is 16.5. The van der Waals surface area contributed by atoms with E-state index in [1.54, 1.807) is 0 Å². The van der Waals surface area contributed by atoms with E-state index in [1.165, 1.54) is 6.42 Å². The van der Waals surface area contributed by atoms with E-state index in [-0.39, 0.29) is 12.1 Å². The molecule has 0 aliphatic carbocycles. The number of nitrogens with one attached hydrogen (secondary N) is 2. The van der Waals surface area contributed by atoms with E-state index in [0.717, 1.165) is 42.4 Å². The first-order valence-corrected chi connectivity index (χ1v) is 9.14. The average Bonchev–Trinajstić information content (AvgIpc) is 3.07. The smallest absolute Gasteiger partial charge is 0.319 e. The SMILES string of the molecule is Cc1ccc(CCNC(=O)Nc2ccc(OC[C@@H]3CCCCO3)cc2)o1. The molecule has 1 aromatic carbocycles. The zero-order chi connectivity index (χ0) is 18.2. The fraction of sp³-hybridized carbons (Fsp3) is 0.450. The minimum Gasteiger partial charge on any atom is -0.491 e. The highest BCUT2D eigenvalue weighted by molar-refractivity contribution is 5.89. The number of rotatable bonds is 7. The van der Waals surface area contributed by atoms with E-state index in [4.69, 9.17) is 13.9 Å². The lowest BCUT2D eigenvalue weighted by atomic mass is 10.1. The van der Waals surface area contributed by atoms with Gasteiger partial charge in [0, 0.05) is 25.3 Å². The number of carbonyl (C=O) groups is 1. The highest BCUT2D eigenvalue weighted by Gasteiger charge is 2.14. The summed E-state index contributed by atoms with van der Waals surface area (Å²) in [5.41, 5.74) is 0.720. The Balaban J connectivity index is 1.36. The molecule has 6 nitrogen and oxygen atoms in total. The second kappa shape index (κ2) is 9.29. The maximum Gasteiger partial charge on any atom is 0.319 e. The van der Waals surface area contributed by atoms with Crippen molar-refractivity contribution in [1.29, 1.82) is 0 Å². The molecular formula is C20H26N2O4. The van der Waals surface area contributed by atoms with Crippen LogP contribution in [0.25, 0.3) is 0 Å². The number of aryl methyl sites for hydroxylation is 1. The zero-order valence-electron chi connectivity index (χ0n) is 15.1. The van der Waals surface area contributed by atoms with Crippen LogP contribution in [0.15, 0.2) is 40.8 Å². The molecule has 0 saturated carbocycles. The third-order valence-electron chi connectivity index (χ3n) is 4.28. The quantitative estimate of drug-likeness (QED) is 0.787. The van der Waals surface area contributed by atoms with Gasteiger partial charge in [-0.05, 0) is 62.6 Å². The van der Waals surface area contributed by atoms with E-state index < -0.39 is 0 Å². The Morgan fingerprint density at radius 3 is 2.73 bits per heavy atom. The Morgan fingerprint density at radius 2 is 2.04 bits per heavy atom. The molecule has 2 amide bonds. The fourth-order valence-corrected chi connectivity index (χ4v) is 2.86. The number of hydrogen-bond donors (Lipinski definition) is 2. The zero-order valence-corrected chi connectivity index (χ0v) is 15.1. The van der Waals surface area contributed by atoms with Gasteiger partial charge in [0.05, 0.1) is 6.10 Å². The molecule has 0 spiro atoms. The minimum atomic E-state index is -0.238. The molecule has 0 bridgehead atoms. The van der Waals surface area contributed by atoms with Gasteiger partial charge in [0.1, 0.15) is 23.9 Å². The summed E-state index contributed by atoms with van der Waals surface area (Å²) in [4.78, 5) is 11.9. The number of benzene rings is 1. The van der Waals surface area contributed by atoms with Gasteiger partial charge < -0.3 is 24.5 Å². The lowest BCUT2D eigenvalue weighted by molar-refractivity contribution is -0.0110. The molecule has 26 heavy (non-hydrogen) atoms. The molecule has 0 unspecified atom stereocenters. The summed E-state index contributed by atoms with van der Waals surface area (Å²) in [5.74, 6) is 2.52. The van der Waals surface area contributed by atoms with Crippen LogP contribution in [0.3, 0.4) is 0 Å². The predicted octanol–water partition coefficient (Wildman–Crippen LogP) is 3.90. The lowest BCUT2D eigenvalue weighted by Crippen LogP contribution is -2.30. The van der Waals surface area contributed by atoms with Crippen LogP contribution in [0.5, 0.6) is 5.75 Å². The second-order valence-corrected chi connectivity index (χ2v) is 6.47. The third kappa shape index (κ3) is 5.81. The Hall–Kier alpha value is -2.47. The molecule has 3 rings (SSSR count). The molecule has 1 aromatic heterocycles. The molecule has 2 aromatic rings. The van der Waals surface area contributed by atoms with Crippen LogP contribution in [0.2, 0.25) is 0 Å². The molecule has 1 fully saturated rings. The van der Waals surface area contributed by atoms with Gasteiger partial charge in [-0.2, -0.15) is 0 Å². The summed E-state index contributed by atoms with van der Waals surface area (Å²) in [6.07, 6.45) is 4.24. The van der Waals surface area contributed by atoms with Crippen molar-refractivity contribution < 1.29 is 18.7 Å². The number of furan rings is 1. The van der Waals surface area contributed by atoms with Crippen LogP contribution >= 0.6 is 0 Å². The first-order chi connectivity index (χ1) is 12.7. The van der Waals surface area contributed by atoms with Crippen molar-refractivity contribution in [3.63, 3.8) is 0 Å². The van der Waals surface area contributed by atoms with E-state index in [9.17, 15) is 4.79 Å². The fourth-order valence-electron chi connectivity index (χ4n) is 2.86. The van der Waals surface area contributed by atoms with E-state index in [0.29, 0.717) is 19.6 Å². The van der Waals surface area contributed by atoms with E-state index in [2.05, 4.69) is 10.6 Å². The van der Waals surface area contributed by atoms with Crippen molar-refractivity contribution in [2.24, 2.45) is 0 Å². The van der Waals surface area contributed by atoms with Crippen molar-refractivity contribution in [3.05, 3.63) is 47.9 Å². The number of anilines is 1. The van der Waals surface area contributed by atoms with Gasteiger partial charge in [-0.25, -0.2) is 4.79 Å². The first-order valence-electron chi connectivity index (χ1n) is 9.14. The molecule has 140 valence electrons.